The summed E-state index contributed by atoms with van der Waals surface area (Å²) in [5, 5.41) is 8.58. The van der Waals surface area contributed by atoms with E-state index >= 15 is 0 Å². The number of aromatic nitrogens is 2. The van der Waals surface area contributed by atoms with E-state index in [2.05, 4.69) is 16.9 Å². The molecule has 0 unspecified atom stereocenters. The van der Waals surface area contributed by atoms with E-state index in [0.29, 0.717) is 11.6 Å². The molecule has 0 bridgehead atoms. The minimum Gasteiger partial charge on any atom is -0.438 e. The second-order valence-electron chi connectivity index (χ2n) is 3.45. The van der Waals surface area contributed by atoms with Crippen molar-refractivity contribution in [1.82, 2.24) is 9.97 Å². The molecule has 0 aliphatic rings. The van der Waals surface area contributed by atoms with Crippen molar-refractivity contribution in [2.75, 3.05) is 0 Å². The molecule has 1 aromatic heterocycles. The van der Waals surface area contributed by atoms with Crippen molar-refractivity contribution in [3.05, 3.63) is 47.9 Å². The maximum atomic E-state index is 8.58. The Morgan fingerprint density at radius 3 is 2.47 bits per heavy atom. The SMILES string of the molecule is CCc1ccc(Oc2cnc(C#N)cn2)cc1. The van der Waals surface area contributed by atoms with E-state index in [1.807, 2.05) is 30.3 Å². The van der Waals surface area contributed by atoms with Crippen molar-refractivity contribution in [3.63, 3.8) is 0 Å². The molecule has 4 heteroatoms. The molecule has 1 aromatic carbocycles. The summed E-state index contributed by atoms with van der Waals surface area (Å²) < 4.78 is 5.49. The van der Waals surface area contributed by atoms with Crippen molar-refractivity contribution >= 4 is 0 Å². The number of benzene rings is 1. The Labute approximate surface area is 99.5 Å². The highest BCUT2D eigenvalue weighted by Gasteiger charge is 2.00. The van der Waals surface area contributed by atoms with Crippen LogP contribution in [-0.2, 0) is 6.42 Å². The van der Waals surface area contributed by atoms with Crippen LogP contribution in [0, 0.1) is 11.3 Å². The van der Waals surface area contributed by atoms with Crippen molar-refractivity contribution in [3.8, 4) is 17.7 Å². The molecule has 0 N–H and O–H groups in total. The zero-order valence-electron chi connectivity index (χ0n) is 9.42. The van der Waals surface area contributed by atoms with Crippen LogP contribution >= 0.6 is 0 Å². The summed E-state index contributed by atoms with van der Waals surface area (Å²) in [7, 11) is 0. The molecule has 0 saturated carbocycles. The summed E-state index contributed by atoms with van der Waals surface area (Å²) in [6.45, 7) is 2.10. The van der Waals surface area contributed by atoms with E-state index in [-0.39, 0.29) is 5.69 Å². The highest BCUT2D eigenvalue weighted by atomic mass is 16.5. The lowest BCUT2D eigenvalue weighted by Gasteiger charge is -2.04. The largest absolute Gasteiger partial charge is 0.438 e. The third-order valence-corrected chi connectivity index (χ3v) is 2.30. The van der Waals surface area contributed by atoms with Gasteiger partial charge in [-0.05, 0) is 24.1 Å². The normalized spacial score (nSPS) is 9.65. The van der Waals surface area contributed by atoms with Gasteiger partial charge < -0.3 is 4.74 Å². The van der Waals surface area contributed by atoms with Gasteiger partial charge in [0.2, 0.25) is 5.88 Å². The van der Waals surface area contributed by atoms with Gasteiger partial charge in [0.05, 0.1) is 12.4 Å². The number of hydrogen-bond donors (Lipinski definition) is 0. The Balaban J connectivity index is 2.11. The fourth-order valence-corrected chi connectivity index (χ4v) is 1.34. The summed E-state index contributed by atoms with van der Waals surface area (Å²) in [6, 6.07) is 9.69. The number of nitrogens with zero attached hydrogens (tertiary/aromatic N) is 3. The first-order chi connectivity index (χ1) is 8.31. The fourth-order valence-electron chi connectivity index (χ4n) is 1.34. The Bertz CT molecular complexity index is 526. The lowest BCUT2D eigenvalue weighted by atomic mass is 10.2. The number of nitriles is 1. The quantitative estimate of drug-likeness (QED) is 0.805. The third kappa shape index (κ3) is 2.79. The molecule has 0 fully saturated rings. The van der Waals surface area contributed by atoms with Gasteiger partial charge in [-0.3, -0.25) is 0 Å². The van der Waals surface area contributed by atoms with E-state index in [1.165, 1.54) is 18.0 Å². The minimum atomic E-state index is 0.277. The molecule has 0 radical (unpaired) electrons. The van der Waals surface area contributed by atoms with Crippen molar-refractivity contribution < 1.29 is 4.74 Å². The second-order valence-corrected chi connectivity index (χ2v) is 3.45. The predicted molar refractivity (Wildman–Crippen MR) is 62.6 cm³/mol. The smallest absolute Gasteiger partial charge is 0.237 e. The molecule has 0 atom stereocenters. The lowest BCUT2D eigenvalue weighted by molar-refractivity contribution is 0.459. The monoisotopic (exact) mass is 225 g/mol. The summed E-state index contributed by atoms with van der Waals surface area (Å²) in [5.74, 6) is 1.09. The first kappa shape index (κ1) is 11.1. The summed E-state index contributed by atoms with van der Waals surface area (Å²) in [6.07, 6.45) is 3.82. The van der Waals surface area contributed by atoms with Gasteiger partial charge in [-0.15, -0.1) is 0 Å². The molecule has 0 saturated heterocycles. The van der Waals surface area contributed by atoms with Gasteiger partial charge in [0.25, 0.3) is 0 Å². The van der Waals surface area contributed by atoms with Crippen LogP contribution in [0.2, 0.25) is 0 Å². The Morgan fingerprint density at radius 1 is 1.18 bits per heavy atom. The Hall–Kier alpha value is -2.41. The third-order valence-electron chi connectivity index (χ3n) is 2.30. The highest BCUT2D eigenvalue weighted by Crippen LogP contribution is 2.19. The average molecular weight is 225 g/mol. The molecular weight excluding hydrogens is 214 g/mol. The number of rotatable bonds is 3. The molecular formula is C13H11N3O. The first-order valence-electron chi connectivity index (χ1n) is 5.30. The van der Waals surface area contributed by atoms with Gasteiger partial charge in [-0.2, -0.15) is 5.26 Å². The van der Waals surface area contributed by atoms with Crippen LogP contribution in [0.1, 0.15) is 18.2 Å². The summed E-state index contributed by atoms with van der Waals surface area (Å²) in [4.78, 5) is 7.86. The number of hydrogen-bond acceptors (Lipinski definition) is 4. The number of aryl methyl sites for hydroxylation is 1. The minimum absolute atomic E-state index is 0.277. The van der Waals surface area contributed by atoms with Crippen molar-refractivity contribution in [2.24, 2.45) is 0 Å². The maximum Gasteiger partial charge on any atom is 0.237 e. The van der Waals surface area contributed by atoms with E-state index in [1.54, 1.807) is 0 Å². The molecule has 0 amide bonds. The van der Waals surface area contributed by atoms with Crippen molar-refractivity contribution in [2.45, 2.75) is 13.3 Å². The van der Waals surface area contributed by atoms with Crippen LogP contribution in [0.3, 0.4) is 0 Å². The van der Waals surface area contributed by atoms with E-state index in [4.69, 9.17) is 10.00 Å². The van der Waals surface area contributed by atoms with Crippen LogP contribution in [0.5, 0.6) is 11.6 Å². The van der Waals surface area contributed by atoms with Crippen molar-refractivity contribution in [1.29, 1.82) is 5.26 Å². The summed E-state index contributed by atoms with van der Waals surface area (Å²) >= 11 is 0. The van der Waals surface area contributed by atoms with Crippen LogP contribution in [0.15, 0.2) is 36.7 Å². The topological polar surface area (TPSA) is 58.8 Å². The fraction of sp³-hybridized carbons (Fsp3) is 0.154. The second kappa shape index (κ2) is 5.08. The predicted octanol–water partition coefficient (Wildman–Crippen LogP) is 2.70. The van der Waals surface area contributed by atoms with Gasteiger partial charge in [0.1, 0.15) is 11.8 Å². The van der Waals surface area contributed by atoms with E-state index in [0.717, 1.165) is 6.42 Å². The molecule has 17 heavy (non-hydrogen) atoms. The molecule has 2 aromatic rings. The van der Waals surface area contributed by atoms with Gasteiger partial charge in [0.15, 0.2) is 5.69 Å². The zero-order chi connectivity index (χ0) is 12.1. The molecule has 4 nitrogen and oxygen atoms in total. The highest BCUT2D eigenvalue weighted by molar-refractivity contribution is 5.30. The Morgan fingerprint density at radius 2 is 1.94 bits per heavy atom. The molecule has 0 aliphatic heterocycles. The maximum absolute atomic E-state index is 8.58. The summed E-state index contributed by atoms with van der Waals surface area (Å²) in [5.41, 5.74) is 1.53. The number of ether oxygens (including phenoxy) is 1. The molecule has 0 spiro atoms. The zero-order valence-corrected chi connectivity index (χ0v) is 9.42. The van der Waals surface area contributed by atoms with Gasteiger partial charge in [-0.1, -0.05) is 19.1 Å². The van der Waals surface area contributed by atoms with Gasteiger partial charge in [0, 0.05) is 0 Å². The van der Waals surface area contributed by atoms with E-state index < -0.39 is 0 Å². The van der Waals surface area contributed by atoms with Crippen LogP contribution < -0.4 is 4.74 Å². The van der Waals surface area contributed by atoms with Crippen LogP contribution in [-0.4, -0.2) is 9.97 Å². The average Bonchev–Trinajstić information content (AvgIpc) is 2.40. The standard InChI is InChI=1S/C13H11N3O/c1-2-10-3-5-12(6-4-10)17-13-9-15-11(7-14)8-16-13/h3-6,8-9H,2H2,1H3. The lowest BCUT2D eigenvalue weighted by Crippen LogP contribution is -1.91. The van der Waals surface area contributed by atoms with Gasteiger partial charge >= 0.3 is 0 Å². The van der Waals surface area contributed by atoms with Crippen LogP contribution in [0.25, 0.3) is 0 Å². The van der Waals surface area contributed by atoms with E-state index in [9.17, 15) is 0 Å². The Kier molecular flexibility index (Phi) is 3.31. The molecule has 2 rings (SSSR count). The molecule has 1 heterocycles. The van der Waals surface area contributed by atoms with Crippen LogP contribution in [0.4, 0.5) is 0 Å². The first-order valence-corrected chi connectivity index (χ1v) is 5.30. The molecule has 0 aliphatic carbocycles. The molecule has 84 valence electrons. The van der Waals surface area contributed by atoms with Gasteiger partial charge in [-0.25, -0.2) is 9.97 Å².